The third kappa shape index (κ3) is 4.00. The molecule has 3 unspecified atom stereocenters. The summed E-state index contributed by atoms with van der Waals surface area (Å²) in [6.07, 6.45) is 8.55. The molecule has 1 N–H and O–H groups in total. The van der Waals surface area contributed by atoms with Crippen LogP contribution >= 0.6 is 0 Å². The Balaban J connectivity index is 1.67. The molecule has 0 amide bonds. The third-order valence-corrected chi connectivity index (χ3v) is 7.74. The molecule has 0 saturated heterocycles. The van der Waals surface area contributed by atoms with Gasteiger partial charge in [-0.3, -0.25) is 9.59 Å². The highest BCUT2D eigenvalue weighted by atomic mass is 16.5. The molecule has 2 saturated carbocycles. The van der Waals surface area contributed by atoms with Crippen LogP contribution in [0.25, 0.3) is 6.08 Å². The van der Waals surface area contributed by atoms with Gasteiger partial charge in [-0.1, -0.05) is 6.92 Å². The number of esters is 2. The monoisotopic (exact) mass is 426 g/mol. The van der Waals surface area contributed by atoms with Gasteiger partial charge in [-0.25, -0.2) is 4.79 Å². The maximum Gasteiger partial charge on any atom is 0.328 e. The summed E-state index contributed by atoms with van der Waals surface area (Å²) in [5.41, 5.74) is 3.07. The Morgan fingerprint density at radius 1 is 1.10 bits per heavy atom. The minimum absolute atomic E-state index is 0.00208. The van der Waals surface area contributed by atoms with E-state index in [2.05, 4.69) is 6.92 Å². The Morgan fingerprint density at radius 3 is 2.55 bits per heavy atom. The van der Waals surface area contributed by atoms with Gasteiger partial charge in [0.05, 0.1) is 0 Å². The van der Waals surface area contributed by atoms with Crippen LogP contribution < -0.4 is 4.74 Å². The Morgan fingerprint density at radius 2 is 1.87 bits per heavy atom. The van der Waals surface area contributed by atoms with Crippen LogP contribution in [0.5, 0.6) is 5.75 Å². The minimum Gasteiger partial charge on any atom is -0.478 e. The van der Waals surface area contributed by atoms with Crippen LogP contribution in [0, 0.1) is 17.3 Å². The zero-order valence-corrected chi connectivity index (χ0v) is 18.3. The molecule has 5 atom stereocenters. The average Bonchev–Trinajstić information content (AvgIpc) is 3.01. The fraction of sp³-hybridized carbons (Fsp3) is 0.560. The van der Waals surface area contributed by atoms with E-state index in [1.54, 1.807) is 0 Å². The first-order valence-corrected chi connectivity index (χ1v) is 11.1. The highest BCUT2D eigenvalue weighted by Gasteiger charge is 2.56. The molecular weight excluding hydrogens is 396 g/mol. The molecule has 3 aliphatic rings. The van der Waals surface area contributed by atoms with E-state index in [0.717, 1.165) is 44.6 Å². The molecule has 0 aromatic heterocycles. The van der Waals surface area contributed by atoms with Crippen molar-refractivity contribution in [3.05, 3.63) is 34.9 Å². The van der Waals surface area contributed by atoms with Crippen molar-refractivity contribution in [1.82, 2.24) is 0 Å². The highest BCUT2D eigenvalue weighted by Crippen LogP contribution is 2.61. The predicted molar refractivity (Wildman–Crippen MR) is 115 cm³/mol. The average molecular weight is 427 g/mol. The Labute approximate surface area is 182 Å². The van der Waals surface area contributed by atoms with Crippen LogP contribution in [-0.2, 0) is 25.5 Å². The van der Waals surface area contributed by atoms with Crippen LogP contribution in [0.1, 0.15) is 75.5 Å². The zero-order valence-electron chi connectivity index (χ0n) is 18.3. The van der Waals surface area contributed by atoms with Crippen molar-refractivity contribution >= 4 is 24.0 Å². The Hall–Kier alpha value is -2.63. The van der Waals surface area contributed by atoms with Gasteiger partial charge in [0, 0.05) is 30.9 Å². The second kappa shape index (κ2) is 8.13. The summed E-state index contributed by atoms with van der Waals surface area (Å²) < 4.78 is 11.1. The number of carboxylic acid groups (broad SMARTS) is 1. The van der Waals surface area contributed by atoms with E-state index >= 15 is 0 Å². The third-order valence-electron chi connectivity index (χ3n) is 7.74. The summed E-state index contributed by atoms with van der Waals surface area (Å²) in [6.45, 7) is 5.13. The molecule has 1 aromatic carbocycles. The maximum atomic E-state index is 11.6. The first kappa shape index (κ1) is 21.6. The molecule has 166 valence electrons. The van der Waals surface area contributed by atoms with Gasteiger partial charge in [0.2, 0.25) is 0 Å². The second-order valence-corrected chi connectivity index (χ2v) is 9.49. The van der Waals surface area contributed by atoms with Gasteiger partial charge in [0.15, 0.2) is 0 Å². The van der Waals surface area contributed by atoms with Crippen LogP contribution in [0.3, 0.4) is 0 Å². The molecule has 6 heteroatoms. The molecule has 1 aromatic rings. The first-order valence-electron chi connectivity index (χ1n) is 11.1. The van der Waals surface area contributed by atoms with Crippen LogP contribution in [0.4, 0.5) is 0 Å². The van der Waals surface area contributed by atoms with Gasteiger partial charge in [0.1, 0.15) is 11.9 Å². The largest absolute Gasteiger partial charge is 0.478 e. The van der Waals surface area contributed by atoms with Gasteiger partial charge in [-0.2, -0.15) is 0 Å². The standard InChI is InChI=1S/C25H30O6/c1-14(26)30-22-13-16-4-6-19-18(20(16)12-17(22)5-9-24(28)29)10-11-25(3)21(19)7-8-23(25)31-15(2)27/h5,9,12-13,18-19,21,23H,4,6-8,10-11H2,1-3H3,(H,28,29)/b9-5+/t18?,19?,21?,23-,25-/m0/s1. The van der Waals surface area contributed by atoms with E-state index < -0.39 is 11.9 Å². The summed E-state index contributed by atoms with van der Waals surface area (Å²) in [6, 6.07) is 3.93. The molecular formula is C25H30O6. The van der Waals surface area contributed by atoms with Crippen LogP contribution in [0.15, 0.2) is 18.2 Å². The lowest BCUT2D eigenvalue weighted by molar-refractivity contribution is -0.154. The number of ether oxygens (including phenoxy) is 2. The van der Waals surface area contributed by atoms with Gasteiger partial charge >= 0.3 is 17.9 Å². The summed E-state index contributed by atoms with van der Waals surface area (Å²) >= 11 is 0. The first-order chi connectivity index (χ1) is 14.7. The molecule has 0 heterocycles. The molecule has 3 aliphatic carbocycles. The Kier molecular flexibility index (Phi) is 5.67. The van der Waals surface area contributed by atoms with E-state index in [0.29, 0.717) is 29.1 Å². The normalized spacial score (nSPS) is 31.5. The van der Waals surface area contributed by atoms with Crippen molar-refractivity contribution in [3.63, 3.8) is 0 Å². The fourth-order valence-corrected chi connectivity index (χ4v) is 6.50. The van der Waals surface area contributed by atoms with Crippen LogP contribution in [0.2, 0.25) is 0 Å². The van der Waals surface area contributed by atoms with E-state index in [-0.39, 0.29) is 17.5 Å². The van der Waals surface area contributed by atoms with Gasteiger partial charge in [0.25, 0.3) is 0 Å². The predicted octanol–water partition coefficient (Wildman–Crippen LogP) is 4.50. The van der Waals surface area contributed by atoms with Crippen LogP contribution in [-0.4, -0.2) is 29.1 Å². The van der Waals surface area contributed by atoms with Gasteiger partial charge in [-0.05, 0) is 85.6 Å². The molecule has 0 bridgehead atoms. The molecule has 4 rings (SSSR count). The number of carbonyl (C=O) groups excluding carboxylic acids is 2. The Bertz CT molecular complexity index is 948. The topological polar surface area (TPSA) is 89.9 Å². The van der Waals surface area contributed by atoms with E-state index in [4.69, 9.17) is 14.6 Å². The SMILES string of the molecule is CC(=O)Oc1cc2c(cc1/C=C/C(=O)O)C1CC[C@@]3(C)C(CC[C@@H]3OC(C)=O)C1CC2. The molecule has 6 nitrogen and oxygen atoms in total. The maximum absolute atomic E-state index is 11.6. The van der Waals surface area contributed by atoms with Crippen molar-refractivity contribution in [1.29, 1.82) is 0 Å². The van der Waals surface area contributed by atoms with E-state index in [1.807, 2.05) is 12.1 Å². The quantitative estimate of drug-likeness (QED) is 0.433. The number of rotatable bonds is 4. The summed E-state index contributed by atoms with van der Waals surface area (Å²) in [4.78, 5) is 34.2. The van der Waals surface area contributed by atoms with Crippen molar-refractivity contribution in [2.75, 3.05) is 0 Å². The van der Waals surface area contributed by atoms with E-state index in [9.17, 15) is 14.4 Å². The number of carbonyl (C=O) groups is 3. The molecule has 31 heavy (non-hydrogen) atoms. The number of benzene rings is 1. The van der Waals surface area contributed by atoms with Crippen molar-refractivity contribution in [2.45, 2.75) is 71.3 Å². The lowest BCUT2D eigenvalue weighted by Crippen LogP contribution is -2.45. The number of carboxylic acids is 1. The zero-order chi connectivity index (χ0) is 22.3. The number of fused-ring (bicyclic) bond motifs is 5. The highest BCUT2D eigenvalue weighted by molar-refractivity contribution is 5.86. The minimum atomic E-state index is -1.04. The van der Waals surface area contributed by atoms with Crippen molar-refractivity contribution in [3.8, 4) is 5.75 Å². The molecule has 0 spiro atoms. The number of hydrogen-bond acceptors (Lipinski definition) is 5. The molecule has 2 fully saturated rings. The molecule has 0 radical (unpaired) electrons. The lowest BCUT2D eigenvalue weighted by atomic mass is 9.55. The molecule has 0 aliphatic heterocycles. The second-order valence-electron chi connectivity index (χ2n) is 9.49. The van der Waals surface area contributed by atoms with E-state index in [1.165, 1.54) is 31.1 Å². The van der Waals surface area contributed by atoms with Crippen molar-refractivity contribution < 1.29 is 29.0 Å². The number of hydrogen-bond donors (Lipinski definition) is 1. The number of aliphatic carboxylic acids is 1. The fourth-order valence-electron chi connectivity index (χ4n) is 6.50. The summed E-state index contributed by atoms with van der Waals surface area (Å²) in [5.74, 6) is 0.170. The van der Waals surface area contributed by atoms with Gasteiger partial charge < -0.3 is 14.6 Å². The summed E-state index contributed by atoms with van der Waals surface area (Å²) in [7, 11) is 0. The van der Waals surface area contributed by atoms with Crippen molar-refractivity contribution in [2.24, 2.45) is 17.3 Å². The number of aryl methyl sites for hydroxylation is 1. The smallest absolute Gasteiger partial charge is 0.328 e. The lowest BCUT2D eigenvalue weighted by Gasteiger charge is -2.50. The summed E-state index contributed by atoms with van der Waals surface area (Å²) in [5, 5.41) is 9.06. The van der Waals surface area contributed by atoms with Gasteiger partial charge in [-0.15, -0.1) is 0 Å².